The molecule has 0 aliphatic rings. The Bertz CT molecular complexity index is 690. The molecular weight excluding hydrogens is 315 g/mol. The minimum Gasteiger partial charge on any atom is -0.384 e. The molecule has 116 valence electrons. The Morgan fingerprint density at radius 2 is 2.09 bits per heavy atom. The molecule has 1 unspecified atom stereocenters. The Kier molecular flexibility index (Phi) is 4.39. The van der Waals surface area contributed by atoms with E-state index in [1.165, 1.54) is 18.3 Å². The number of aliphatic hydroxyl groups is 1. The first-order chi connectivity index (χ1) is 10.2. The standard InChI is InChI=1S/C14H12F3N3OS/c1-13(21,10-4-5-22-7-10)8-19-12-9(6-18)2-3-11(20-12)14(15,16)17/h2-5,7,21H,8H2,1H3,(H,19,20). The zero-order valence-electron chi connectivity index (χ0n) is 11.5. The molecule has 2 N–H and O–H groups in total. The third-order valence-corrected chi connectivity index (χ3v) is 3.73. The predicted octanol–water partition coefficient (Wildman–Crippen LogP) is 3.35. The number of pyridine rings is 1. The van der Waals surface area contributed by atoms with Crippen molar-refractivity contribution >= 4 is 17.2 Å². The van der Waals surface area contributed by atoms with Gasteiger partial charge in [0.15, 0.2) is 0 Å². The second-order valence-corrected chi connectivity index (χ2v) is 5.62. The number of nitrogens with one attached hydrogen (secondary N) is 1. The minimum absolute atomic E-state index is 0.0193. The normalized spacial score (nSPS) is 14.2. The molecule has 8 heteroatoms. The highest BCUT2D eigenvalue weighted by Crippen LogP contribution is 2.30. The van der Waals surface area contributed by atoms with Crippen molar-refractivity contribution < 1.29 is 18.3 Å². The van der Waals surface area contributed by atoms with Gasteiger partial charge in [0.25, 0.3) is 0 Å². The Balaban J connectivity index is 2.24. The molecule has 0 spiro atoms. The van der Waals surface area contributed by atoms with Crippen LogP contribution >= 0.6 is 11.3 Å². The summed E-state index contributed by atoms with van der Waals surface area (Å²) in [5, 5.41) is 25.4. The van der Waals surface area contributed by atoms with Gasteiger partial charge in [0.05, 0.1) is 5.56 Å². The third-order valence-electron chi connectivity index (χ3n) is 3.05. The van der Waals surface area contributed by atoms with Gasteiger partial charge in [-0.25, -0.2) is 4.98 Å². The fraction of sp³-hybridized carbons (Fsp3) is 0.286. The van der Waals surface area contributed by atoms with Crippen LogP contribution in [-0.4, -0.2) is 16.6 Å². The highest BCUT2D eigenvalue weighted by molar-refractivity contribution is 7.08. The molecular formula is C14H12F3N3OS. The van der Waals surface area contributed by atoms with Crippen LogP contribution in [0.3, 0.4) is 0 Å². The van der Waals surface area contributed by atoms with Crippen LogP contribution < -0.4 is 5.32 Å². The van der Waals surface area contributed by atoms with Gasteiger partial charge in [-0.3, -0.25) is 0 Å². The van der Waals surface area contributed by atoms with Gasteiger partial charge in [-0.15, -0.1) is 0 Å². The second-order valence-electron chi connectivity index (χ2n) is 4.84. The number of halogens is 3. The van der Waals surface area contributed by atoms with Crippen molar-refractivity contribution in [1.29, 1.82) is 5.26 Å². The number of rotatable bonds is 4. The lowest BCUT2D eigenvalue weighted by atomic mass is 9.99. The van der Waals surface area contributed by atoms with E-state index >= 15 is 0 Å². The molecule has 0 saturated heterocycles. The Labute approximate surface area is 128 Å². The van der Waals surface area contributed by atoms with Crippen LogP contribution in [0.1, 0.15) is 23.7 Å². The summed E-state index contributed by atoms with van der Waals surface area (Å²) in [5.74, 6) is -0.201. The Hall–Kier alpha value is -2.11. The van der Waals surface area contributed by atoms with Gasteiger partial charge in [0, 0.05) is 6.54 Å². The lowest BCUT2D eigenvalue weighted by molar-refractivity contribution is -0.141. The van der Waals surface area contributed by atoms with Gasteiger partial charge in [-0.05, 0) is 41.4 Å². The maximum atomic E-state index is 12.7. The van der Waals surface area contributed by atoms with E-state index in [0.29, 0.717) is 5.56 Å². The summed E-state index contributed by atoms with van der Waals surface area (Å²) in [7, 11) is 0. The first-order valence-electron chi connectivity index (χ1n) is 6.21. The number of anilines is 1. The van der Waals surface area contributed by atoms with E-state index in [2.05, 4.69) is 10.3 Å². The summed E-state index contributed by atoms with van der Waals surface area (Å²) in [6.07, 6.45) is -4.60. The summed E-state index contributed by atoms with van der Waals surface area (Å²) in [6, 6.07) is 5.30. The molecule has 0 aromatic carbocycles. The maximum Gasteiger partial charge on any atom is 0.433 e. The number of alkyl halides is 3. The van der Waals surface area contributed by atoms with E-state index < -0.39 is 17.5 Å². The van der Waals surface area contributed by atoms with Crippen molar-refractivity contribution in [1.82, 2.24) is 4.98 Å². The lowest BCUT2D eigenvalue weighted by Crippen LogP contribution is -2.30. The molecule has 0 saturated carbocycles. The van der Waals surface area contributed by atoms with Gasteiger partial charge in [-0.1, -0.05) is 0 Å². The maximum absolute atomic E-state index is 12.7. The zero-order chi connectivity index (χ0) is 16.4. The van der Waals surface area contributed by atoms with Crippen LogP contribution in [0.2, 0.25) is 0 Å². The largest absolute Gasteiger partial charge is 0.433 e. The number of aromatic nitrogens is 1. The van der Waals surface area contributed by atoms with Gasteiger partial charge in [-0.2, -0.15) is 29.8 Å². The fourth-order valence-corrected chi connectivity index (χ4v) is 2.55. The van der Waals surface area contributed by atoms with Crippen LogP contribution in [0.15, 0.2) is 29.0 Å². The molecule has 0 bridgehead atoms. The molecule has 2 rings (SSSR count). The van der Waals surface area contributed by atoms with E-state index in [-0.39, 0.29) is 17.9 Å². The van der Waals surface area contributed by atoms with Crippen LogP contribution in [-0.2, 0) is 11.8 Å². The molecule has 4 nitrogen and oxygen atoms in total. The minimum atomic E-state index is -4.60. The number of hydrogen-bond donors (Lipinski definition) is 2. The molecule has 0 radical (unpaired) electrons. The van der Waals surface area contributed by atoms with E-state index in [1.807, 2.05) is 0 Å². The van der Waals surface area contributed by atoms with E-state index in [9.17, 15) is 18.3 Å². The first-order valence-corrected chi connectivity index (χ1v) is 7.15. The van der Waals surface area contributed by atoms with Crippen LogP contribution in [0, 0.1) is 11.3 Å². The van der Waals surface area contributed by atoms with E-state index in [1.54, 1.807) is 22.9 Å². The summed E-state index contributed by atoms with van der Waals surface area (Å²) < 4.78 is 38.0. The van der Waals surface area contributed by atoms with Crippen molar-refractivity contribution in [2.75, 3.05) is 11.9 Å². The number of hydrogen-bond acceptors (Lipinski definition) is 5. The second kappa shape index (κ2) is 5.94. The average molecular weight is 327 g/mol. The van der Waals surface area contributed by atoms with Crippen LogP contribution in [0.4, 0.5) is 19.0 Å². The summed E-state index contributed by atoms with van der Waals surface area (Å²) in [4.78, 5) is 3.43. The molecule has 2 aromatic rings. The van der Waals surface area contributed by atoms with Crippen LogP contribution in [0.5, 0.6) is 0 Å². The zero-order valence-corrected chi connectivity index (χ0v) is 12.3. The first kappa shape index (κ1) is 16.3. The van der Waals surface area contributed by atoms with Crippen LogP contribution in [0.25, 0.3) is 0 Å². The van der Waals surface area contributed by atoms with Crippen molar-refractivity contribution in [3.8, 4) is 6.07 Å². The molecule has 0 amide bonds. The quantitative estimate of drug-likeness (QED) is 0.903. The number of nitriles is 1. The number of nitrogens with zero attached hydrogens (tertiary/aromatic N) is 2. The fourth-order valence-electron chi connectivity index (χ4n) is 1.77. The Morgan fingerprint density at radius 1 is 1.36 bits per heavy atom. The Morgan fingerprint density at radius 3 is 2.64 bits per heavy atom. The van der Waals surface area contributed by atoms with Gasteiger partial charge < -0.3 is 10.4 Å². The molecule has 0 aliphatic heterocycles. The van der Waals surface area contributed by atoms with Crippen molar-refractivity contribution in [3.05, 3.63) is 45.8 Å². The van der Waals surface area contributed by atoms with E-state index in [4.69, 9.17) is 5.26 Å². The molecule has 1 atom stereocenters. The SMILES string of the molecule is CC(O)(CNc1nc(C(F)(F)F)ccc1C#N)c1ccsc1. The molecule has 0 fully saturated rings. The third kappa shape index (κ3) is 3.55. The predicted molar refractivity (Wildman–Crippen MR) is 76.3 cm³/mol. The summed E-state index contributed by atoms with van der Waals surface area (Å²) in [6.45, 7) is 1.45. The summed E-state index contributed by atoms with van der Waals surface area (Å²) >= 11 is 1.40. The van der Waals surface area contributed by atoms with Crippen molar-refractivity contribution in [2.24, 2.45) is 0 Å². The smallest absolute Gasteiger partial charge is 0.384 e. The monoisotopic (exact) mass is 327 g/mol. The average Bonchev–Trinajstić information content (AvgIpc) is 2.99. The highest BCUT2D eigenvalue weighted by atomic mass is 32.1. The molecule has 2 heterocycles. The molecule has 0 aliphatic carbocycles. The lowest BCUT2D eigenvalue weighted by Gasteiger charge is -2.23. The topological polar surface area (TPSA) is 68.9 Å². The van der Waals surface area contributed by atoms with Crippen molar-refractivity contribution in [2.45, 2.75) is 18.7 Å². The summed E-state index contributed by atoms with van der Waals surface area (Å²) in [5.41, 5.74) is -1.77. The number of thiophene rings is 1. The van der Waals surface area contributed by atoms with E-state index in [0.717, 1.165) is 12.1 Å². The van der Waals surface area contributed by atoms with Gasteiger partial charge >= 0.3 is 6.18 Å². The highest BCUT2D eigenvalue weighted by Gasteiger charge is 2.33. The van der Waals surface area contributed by atoms with Gasteiger partial charge in [0.1, 0.15) is 23.2 Å². The van der Waals surface area contributed by atoms with Gasteiger partial charge in [0.2, 0.25) is 0 Å². The molecule has 22 heavy (non-hydrogen) atoms. The molecule has 2 aromatic heterocycles. The van der Waals surface area contributed by atoms with Crippen molar-refractivity contribution in [3.63, 3.8) is 0 Å².